The number of carbonyl (C=O) groups is 2. The topological polar surface area (TPSA) is 74.9 Å². The Morgan fingerprint density at radius 2 is 1.86 bits per heavy atom. The minimum atomic E-state index is -4.62. The minimum absolute atomic E-state index is 0.0132. The third-order valence-corrected chi connectivity index (χ3v) is 8.59. The summed E-state index contributed by atoms with van der Waals surface area (Å²) in [5.74, 6) is -0.182. The van der Waals surface area contributed by atoms with E-state index in [1.807, 2.05) is 22.8 Å². The number of nitrogens with one attached hydrogen (secondary N) is 1. The van der Waals surface area contributed by atoms with E-state index >= 15 is 0 Å². The third kappa shape index (κ3) is 4.31. The molecule has 7 rings (SSSR count). The largest absolute Gasteiger partial charge is 0.416 e. The Morgan fingerprint density at radius 3 is 2.62 bits per heavy atom. The predicted molar refractivity (Wildman–Crippen MR) is 148 cm³/mol. The Bertz CT molecular complexity index is 1790. The second kappa shape index (κ2) is 9.33. The van der Waals surface area contributed by atoms with Gasteiger partial charge in [0.1, 0.15) is 11.3 Å². The quantitative estimate of drug-likeness (QED) is 0.335. The number of halogens is 4. The maximum atomic E-state index is 14.3. The number of carbonyl (C=O) groups excluding carboxylic acids is 2. The number of fused-ring (bicyclic) bond motifs is 1. The van der Waals surface area contributed by atoms with Gasteiger partial charge in [0.05, 0.1) is 40.8 Å². The predicted octanol–water partition coefficient (Wildman–Crippen LogP) is 5.11. The molecular formula is C30H28F4N6O2. The van der Waals surface area contributed by atoms with E-state index in [-0.39, 0.29) is 57.4 Å². The van der Waals surface area contributed by atoms with Gasteiger partial charge in [0.2, 0.25) is 0 Å². The molecule has 3 aromatic heterocycles. The second-order valence-electron chi connectivity index (χ2n) is 11.5. The van der Waals surface area contributed by atoms with Crippen molar-refractivity contribution in [2.45, 2.75) is 44.7 Å². The fourth-order valence-corrected chi connectivity index (χ4v) is 6.33. The number of pyridine rings is 1. The summed E-state index contributed by atoms with van der Waals surface area (Å²) in [5, 5.41) is 3.49. The average molecular weight is 581 g/mol. The minimum Gasteiger partial charge on any atom is -0.376 e. The lowest BCUT2D eigenvalue weighted by atomic mass is 9.96. The number of rotatable bonds is 2. The molecule has 12 heteroatoms. The maximum Gasteiger partial charge on any atom is 0.416 e. The van der Waals surface area contributed by atoms with Gasteiger partial charge in [0.25, 0.3) is 0 Å². The molecule has 0 aliphatic carbocycles. The summed E-state index contributed by atoms with van der Waals surface area (Å²) >= 11 is 0. The maximum absolute atomic E-state index is 14.3. The van der Waals surface area contributed by atoms with Crippen LogP contribution in [0.5, 0.6) is 0 Å². The van der Waals surface area contributed by atoms with Crippen molar-refractivity contribution >= 4 is 39.6 Å². The molecule has 3 aliphatic heterocycles. The number of alkyl halides is 4. The van der Waals surface area contributed by atoms with Crippen LogP contribution >= 0.6 is 0 Å². The number of amides is 2. The molecule has 0 unspecified atom stereocenters. The van der Waals surface area contributed by atoms with Gasteiger partial charge < -0.3 is 19.7 Å². The van der Waals surface area contributed by atoms with Crippen molar-refractivity contribution in [3.05, 3.63) is 71.3 Å². The average Bonchev–Trinajstić information content (AvgIpc) is 3.60. The van der Waals surface area contributed by atoms with Crippen molar-refractivity contribution in [2.75, 3.05) is 26.2 Å². The van der Waals surface area contributed by atoms with E-state index in [9.17, 15) is 27.2 Å². The van der Waals surface area contributed by atoms with Crippen LogP contribution in [-0.4, -0.2) is 67.4 Å². The Labute approximate surface area is 238 Å². The van der Waals surface area contributed by atoms with E-state index in [0.29, 0.717) is 51.2 Å². The van der Waals surface area contributed by atoms with Crippen LogP contribution in [0.2, 0.25) is 0 Å². The normalized spacial score (nSPS) is 19.1. The van der Waals surface area contributed by atoms with E-state index in [1.165, 1.54) is 6.92 Å². The van der Waals surface area contributed by atoms with Gasteiger partial charge in [0.15, 0.2) is 5.78 Å². The number of Topliss-reactive ketones (excluding diaryl/α,β-unsaturated/α-hetero) is 1. The lowest BCUT2D eigenvalue weighted by Gasteiger charge is -2.37. The van der Waals surface area contributed by atoms with Gasteiger partial charge in [-0.05, 0) is 49.6 Å². The zero-order valence-corrected chi connectivity index (χ0v) is 22.8. The van der Waals surface area contributed by atoms with Crippen LogP contribution in [-0.2, 0) is 24.1 Å². The Balaban J connectivity index is 1.35. The molecule has 1 aromatic carbocycles. The first kappa shape index (κ1) is 26.5. The first-order valence-electron chi connectivity index (χ1n) is 13.9. The van der Waals surface area contributed by atoms with Gasteiger partial charge in [-0.2, -0.15) is 13.2 Å². The summed E-state index contributed by atoms with van der Waals surface area (Å²) in [5.41, 5.74) is 1.31. The highest BCUT2D eigenvalue weighted by atomic mass is 19.4. The molecule has 4 aromatic rings. The van der Waals surface area contributed by atoms with Crippen LogP contribution in [0.15, 0.2) is 48.9 Å². The van der Waals surface area contributed by atoms with Crippen LogP contribution < -0.4 is 5.32 Å². The Hall–Kier alpha value is -4.35. The van der Waals surface area contributed by atoms with Crippen molar-refractivity contribution in [3.8, 4) is 0 Å². The molecule has 6 heterocycles. The molecule has 8 nitrogen and oxygen atoms in total. The van der Waals surface area contributed by atoms with Crippen molar-refractivity contribution in [1.82, 2.24) is 29.1 Å². The van der Waals surface area contributed by atoms with Crippen LogP contribution in [0.1, 0.15) is 42.1 Å². The van der Waals surface area contributed by atoms with E-state index in [4.69, 9.17) is 0 Å². The molecule has 1 fully saturated rings. The smallest absolute Gasteiger partial charge is 0.376 e. The fraction of sp³-hybridized carbons (Fsp3) is 0.367. The van der Waals surface area contributed by atoms with E-state index < -0.39 is 17.4 Å². The first-order chi connectivity index (χ1) is 20.0. The van der Waals surface area contributed by atoms with E-state index in [1.54, 1.807) is 32.8 Å². The van der Waals surface area contributed by atoms with Gasteiger partial charge in [-0.25, -0.2) is 14.2 Å². The van der Waals surface area contributed by atoms with Crippen molar-refractivity contribution in [3.63, 3.8) is 0 Å². The van der Waals surface area contributed by atoms with Gasteiger partial charge in [0, 0.05) is 56.1 Å². The molecule has 218 valence electrons. The summed E-state index contributed by atoms with van der Waals surface area (Å²) < 4.78 is 60.6. The molecule has 0 atom stereocenters. The number of hydrogen-bond acceptors (Lipinski definition) is 4. The van der Waals surface area contributed by atoms with Gasteiger partial charge >= 0.3 is 12.2 Å². The molecule has 2 amide bonds. The fourth-order valence-electron chi connectivity index (χ4n) is 6.33. The number of imidazole rings is 1. The summed E-state index contributed by atoms with van der Waals surface area (Å²) in [6, 6.07) is 7.39. The molecule has 1 saturated heterocycles. The number of urea groups is 1. The first-order valence-corrected chi connectivity index (χ1v) is 13.9. The van der Waals surface area contributed by atoms with Gasteiger partial charge in [-0.3, -0.25) is 9.20 Å². The monoisotopic (exact) mass is 580 g/mol. The van der Waals surface area contributed by atoms with Gasteiger partial charge in [-0.15, -0.1) is 0 Å². The number of piperidine rings is 1. The third-order valence-electron chi connectivity index (χ3n) is 8.59. The van der Waals surface area contributed by atoms with Crippen LogP contribution in [0, 0.1) is 0 Å². The lowest BCUT2D eigenvalue weighted by Crippen LogP contribution is -2.49. The number of nitrogens with zero attached hydrogens (tertiary/aromatic N) is 5. The van der Waals surface area contributed by atoms with Crippen LogP contribution in [0.3, 0.4) is 0 Å². The van der Waals surface area contributed by atoms with Crippen LogP contribution in [0.25, 0.3) is 27.8 Å². The Kier molecular flexibility index (Phi) is 5.90. The molecule has 1 N–H and O–H groups in total. The van der Waals surface area contributed by atoms with E-state index in [2.05, 4.69) is 10.3 Å². The second-order valence-corrected chi connectivity index (χ2v) is 11.5. The summed E-state index contributed by atoms with van der Waals surface area (Å²) in [6.07, 6.45) is 0.972. The number of aromatic nitrogens is 3. The number of ketones is 1. The van der Waals surface area contributed by atoms with Crippen molar-refractivity contribution in [1.29, 1.82) is 0 Å². The zero-order valence-electron chi connectivity index (χ0n) is 22.8. The highest BCUT2D eigenvalue weighted by molar-refractivity contribution is 6.32. The number of benzene rings is 1. The molecule has 0 radical (unpaired) electrons. The molecule has 0 bridgehead atoms. The molecule has 0 saturated carbocycles. The summed E-state index contributed by atoms with van der Waals surface area (Å²) in [4.78, 5) is 34.1. The summed E-state index contributed by atoms with van der Waals surface area (Å²) in [6.45, 7) is 2.66. The molecule has 42 heavy (non-hydrogen) atoms. The molecular weight excluding hydrogens is 552 g/mol. The van der Waals surface area contributed by atoms with Crippen LogP contribution in [0.4, 0.5) is 22.4 Å². The lowest BCUT2D eigenvalue weighted by molar-refractivity contribution is -0.137. The zero-order chi connectivity index (χ0) is 29.4. The molecule has 3 aliphatic rings. The van der Waals surface area contributed by atoms with Crippen molar-refractivity contribution in [2.24, 2.45) is 0 Å². The Morgan fingerprint density at radius 1 is 1.07 bits per heavy atom. The van der Waals surface area contributed by atoms with E-state index in [0.717, 1.165) is 12.1 Å². The standard InChI is InChI=1S/C30H28F4N6O2/c1-29(31)5-8-37(9-6-29)28(42)39-11-10-38-17-21(20-13-19(30(32,33)34)12-18(16-39)27(20)38)26-25(23(41)15-36-26)22-14-35-24-4-2-3-7-40(22)24/h2-4,7,12-14,17,36H,5-6,8-11,15-16H2,1H3. The number of likely N-dealkylation sites (tertiary alicyclic amines) is 1. The number of hydrogen-bond donors (Lipinski definition) is 1. The SMILES string of the molecule is CC1(F)CCN(C(=O)N2CCn3cc(C4=C(c5cnc6ccccn56)C(=O)CN4)c4cc(C(F)(F)F)cc(c43)C2)CC1. The highest BCUT2D eigenvalue weighted by Gasteiger charge is 2.37. The molecule has 0 spiro atoms. The van der Waals surface area contributed by atoms with Gasteiger partial charge in [-0.1, -0.05) is 6.07 Å². The van der Waals surface area contributed by atoms with Crippen molar-refractivity contribution < 1.29 is 27.2 Å². The summed E-state index contributed by atoms with van der Waals surface area (Å²) in [7, 11) is 0. The highest BCUT2D eigenvalue weighted by Crippen LogP contribution is 2.40.